The lowest BCUT2D eigenvalue weighted by Gasteiger charge is -2.26. The molecular formula is C28H32O9. The molecule has 1 unspecified atom stereocenters. The summed E-state index contributed by atoms with van der Waals surface area (Å²) in [5.74, 6) is -0.516. The Morgan fingerprint density at radius 3 is 2.27 bits per heavy atom. The average Bonchev–Trinajstić information content (AvgIpc) is 3.53. The van der Waals surface area contributed by atoms with Crippen LogP contribution in [-0.4, -0.2) is 45.6 Å². The van der Waals surface area contributed by atoms with Gasteiger partial charge in [-0.1, -0.05) is 19.8 Å². The van der Waals surface area contributed by atoms with Gasteiger partial charge in [-0.2, -0.15) is 4.89 Å². The molecule has 1 N–H and O–H groups in total. The second-order valence-corrected chi connectivity index (χ2v) is 8.61. The van der Waals surface area contributed by atoms with Crippen molar-refractivity contribution in [2.24, 2.45) is 0 Å². The van der Waals surface area contributed by atoms with E-state index < -0.39 is 11.8 Å². The van der Waals surface area contributed by atoms with Crippen molar-refractivity contribution in [2.45, 2.75) is 38.4 Å². The van der Waals surface area contributed by atoms with Crippen LogP contribution in [0.4, 0.5) is 0 Å². The summed E-state index contributed by atoms with van der Waals surface area (Å²) >= 11 is 0. The van der Waals surface area contributed by atoms with Gasteiger partial charge in [0.15, 0.2) is 17.3 Å². The fourth-order valence-electron chi connectivity index (χ4n) is 4.34. The van der Waals surface area contributed by atoms with Gasteiger partial charge in [-0.05, 0) is 54.5 Å². The van der Waals surface area contributed by atoms with Crippen molar-refractivity contribution in [2.75, 3.05) is 34.5 Å². The molecule has 2 aromatic rings. The molecule has 4 rings (SSSR count). The van der Waals surface area contributed by atoms with E-state index in [1.165, 1.54) is 0 Å². The number of ether oxygens (including phenoxy) is 5. The van der Waals surface area contributed by atoms with E-state index in [2.05, 4.69) is 6.92 Å². The molecule has 37 heavy (non-hydrogen) atoms. The zero-order valence-electron chi connectivity index (χ0n) is 21.5. The molecule has 198 valence electrons. The van der Waals surface area contributed by atoms with E-state index in [9.17, 15) is 9.90 Å². The Kier molecular flexibility index (Phi) is 8.25. The van der Waals surface area contributed by atoms with Gasteiger partial charge in [0.05, 0.1) is 27.9 Å². The summed E-state index contributed by atoms with van der Waals surface area (Å²) in [7, 11) is 4.64. The summed E-state index contributed by atoms with van der Waals surface area (Å²) in [5.41, 5.74) is 1.46. The molecule has 1 atom stereocenters. The Hall–Kier alpha value is -3.69. The van der Waals surface area contributed by atoms with Gasteiger partial charge in [-0.15, -0.1) is 0 Å². The molecule has 0 spiro atoms. The quantitative estimate of drug-likeness (QED) is 0.252. The van der Waals surface area contributed by atoms with E-state index in [1.54, 1.807) is 63.8 Å². The molecule has 0 saturated heterocycles. The van der Waals surface area contributed by atoms with Gasteiger partial charge in [-0.3, -0.25) is 0 Å². The van der Waals surface area contributed by atoms with Crippen LogP contribution in [0.3, 0.4) is 0 Å². The number of cyclic esters (lactones) is 1. The van der Waals surface area contributed by atoms with Crippen LogP contribution < -0.4 is 18.9 Å². The molecule has 0 fully saturated rings. The summed E-state index contributed by atoms with van der Waals surface area (Å²) < 4.78 is 28.0. The minimum Gasteiger partial charge on any atom is -0.497 e. The van der Waals surface area contributed by atoms with Gasteiger partial charge in [0.25, 0.3) is 5.79 Å². The first-order chi connectivity index (χ1) is 17.9. The first kappa shape index (κ1) is 26.4. The maximum Gasteiger partial charge on any atom is 0.345 e. The Morgan fingerprint density at radius 2 is 1.70 bits per heavy atom. The maximum atomic E-state index is 13.0. The van der Waals surface area contributed by atoms with E-state index in [0.717, 1.165) is 19.3 Å². The number of hydrogen-bond acceptors (Lipinski definition) is 9. The topological polar surface area (TPSA) is 102 Å². The molecule has 0 radical (unpaired) electrons. The van der Waals surface area contributed by atoms with Crippen LogP contribution in [0.25, 0.3) is 0 Å². The fraction of sp³-hybridized carbons (Fsp3) is 0.393. The Balaban J connectivity index is 1.76. The van der Waals surface area contributed by atoms with Gasteiger partial charge in [0.2, 0.25) is 5.75 Å². The van der Waals surface area contributed by atoms with Crippen LogP contribution in [0.2, 0.25) is 0 Å². The molecule has 9 heteroatoms. The van der Waals surface area contributed by atoms with E-state index in [4.69, 9.17) is 33.5 Å². The number of carbonyl (C=O) groups excluding carboxylic acids is 1. The molecule has 0 amide bonds. The van der Waals surface area contributed by atoms with Crippen molar-refractivity contribution in [3.8, 4) is 23.0 Å². The SMILES string of the molecule is CCCCCOc1c(OC)cc(CC2=C(C3=CCOO3)C(=O)OC2(O)c2ccc(OC)cc2)cc1OC. The molecule has 2 heterocycles. The number of methoxy groups -OCH3 is 3. The van der Waals surface area contributed by atoms with Crippen molar-refractivity contribution in [3.63, 3.8) is 0 Å². The van der Waals surface area contributed by atoms with Gasteiger partial charge in [0, 0.05) is 17.6 Å². The Bertz CT molecular complexity index is 1160. The van der Waals surface area contributed by atoms with Crippen LogP contribution >= 0.6 is 0 Å². The number of benzene rings is 2. The second kappa shape index (κ2) is 11.6. The molecule has 0 bridgehead atoms. The van der Waals surface area contributed by atoms with Crippen molar-refractivity contribution < 1.29 is 43.4 Å². The maximum absolute atomic E-state index is 13.0. The van der Waals surface area contributed by atoms with Gasteiger partial charge in [-0.25, -0.2) is 4.79 Å². The van der Waals surface area contributed by atoms with Crippen molar-refractivity contribution in [1.29, 1.82) is 0 Å². The fourth-order valence-corrected chi connectivity index (χ4v) is 4.34. The number of unbranched alkanes of at least 4 members (excludes halogenated alkanes) is 2. The molecule has 2 aliphatic rings. The third-order valence-corrected chi connectivity index (χ3v) is 6.26. The third-order valence-electron chi connectivity index (χ3n) is 6.26. The summed E-state index contributed by atoms with van der Waals surface area (Å²) in [6, 6.07) is 10.2. The Morgan fingerprint density at radius 1 is 1.00 bits per heavy atom. The van der Waals surface area contributed by atoms with E-state index >= 15 is 0 Å². The lowest BCUT2D eigenvalue weighted by Crippen LogP contribution is -2.29. The average molecular weight is 513 g/mol. The molecule has 0 aliphatic carbocycles. The highest BCUT2D eigenvalue weighted by molar-refractivity contribution is 5.97. The molecule has 2 aliphatic heterocycles. The number of aliphatic hydroxyl groups is 1. The second-order valence-electron chi connectivity index (χ2n) is 8.61. The number of hydrogen-bond donors (Lipinski definition) is 1. The molecule has 9 nitrogen and oxygen atoms in total. The van der Waals surface area contributed by atoms with Crippen LogP contribution in [0.5, 0.6) is 23.0 Å². The highest BCUT2D eigenvalue weighted by Gasteiger charge is 2.50. The normalized spacial score (nSPS) is 18.8. The number of rotatable bonds is 12. The predicted molar refractivity (Wildman–Crippen MR) is 133 cm³/mol. The van der Waals surface area contributed by atoms with Crippen LogP contribution in [-0.2, 0) is 31.5 Å². The summed E-state index contributed by atoms with van der Waals surface area (Å²) in [6.45, 7) is 2.83. The predicted octanol–water partition coefficient (Wildman–Crippen LogP) is 4.37. The highest BCUT2D eigenvalue weighted by atomic mass is 17.2. The molecule has 0 aromatic heterocycles. The standard InChI is InChI=1S/C28H32O9/c1-5-6-7-13-34-26-23(32-3)16-18(17-24(26)33-4)15-21-25(22-12-14-35-37-22)27(29)36-28(21,30)19-8-10-20(31-2)11-9-19/h8-12,16-17,30H,5-7,13-15H2,1-4H3. The lowest BCUT2D eigenvalue weighted by atomic mass is 9.89. The van der Waals surface area contributed by atoms with E-state index in [1.807, 2.05) is 0 Å². The zero-order valence-corrected chi connectivity index (χ0v) is 21.5. The van der Waals surface area contributed by atoms with Crippen molar-refractivity contribution in [1.82, 2.24) is 0 Å². The van der Waals surface area contributed by atoms with Crippen LogP contribution in [0, 0.1) is 0 Å². The minimum absolute atomic E-state index is 0.105. The summed E-state index contributed by atoms with van der Waals surface area (Å²) in [5, 5.41) is 11.8. The zero-order chi connectivity index (χ0) is 26.4. The van der Waals surface area contributed by atoms with Crippen LogP contribution in [0.1, 0.15) is 37.3 Å². The highest BCUT2D eigenvalue weighted by Crippen LogP contribution is 2.46. The number of carbonyl (C=O) groups is 1. The van der Waals surface area contributed by atoms with E-state index in [0.29, 0.717) is 46.3 Å². The largest absolute Gasteiger partial charge is 0.497 e. The van der Waals surface area contributed by atoms with Gasteiger partial charge in [0.1, 0.15) is 17.9 Å². The van der Waals surface area contributed by atoms with Crippen LogP contribution in [0.15, 0.2) is 59.4 Å². The summed E-state index contributed by atoms with van der Waals surface area (Å²) in [4.78, 5) is 23.2. The van der Waals surface area contributed by atoms with E-state index in [-0.39, 0.29) is 24.4 Å². The van der Waals surface area contributed by atoms with Gasteiger partial charge < -0.3 is 33.7 Å². The molecule has 2 aromatic carbocycles. The monoisotopic (exact) mass is 512 g/mol. The molecular weight excluding hydrogens is 480 g/mol. The molecule has 0 saturated carbocycles. The minimum atomic E-state index is -2.04. The lowest BCUT2D eigenvalue weighted by molar-refractivity contribution is -0.231. The first-order valence-corrected chi connectivity index (χ1v) is 12.2. The summed E-state index contributed by atoms with van der Waals surface area (Å²) in [6.07, 6.45) is 4.78. The third kappa shape index (κ3) is 5.38. The first-order valence-electron chi connectivity index (χ1n) is 12.2. The van der Waals surface area contributed by atoms with Crippen molar-refractivity contribution >= 4 is 5.97 Å². The Labute approximate surface area is 216 Å². The number of esters is 1. The smallest absolute Gasteiger partial charge is 0.345 e. The van der Waals surface area contributed by atoms with Crippen molar-refractivity contribution in [3.05, 3.63) is 70.5 Å². The van der Waals surface area contributed by atoms with Gasteiger partial charge >= 0.3 is 5.97 Å².